The van der Waals surface area contributed by atoms with Crippen molar-refractivity contribution in [3.63, 3.8) is 0 Å². The van der Waals surface area contributed by atoms with Crippen LogP contribution in [0.4, 0.5) is 4.79 Å². The number of likely N-dealkylation sites (tertiary alicyclic amines) is 1. The van der Waals surface area contributed by atoms with Crippen LogP contribution in [-0.2, 0) is 16.1 Å². The summed E-state index contributed by atoms with van der Waals surface area (Å²) in [7, 11) is 3.63. The number of nitrogens with zero attached hydrogens (tertiary/aromatic N) is 4. The Kier molecular flexibility index (Phi) is 8.72. The number of hydrogen-bond donors (Lipinski definition) is 1. The summed E-state index contributed by atoms with van der Waals surface area (Å²) in [5.41, 5.74) is 2.25. The van der Waals surface area contributed by atoms with Crippen LogP contribution in [0.1, 0.15) is 66.0 Å². The Labute approximate surface area is 209 Å². The molecule has 0 radical (unpaired) electrons. The van der Waals surface area contributed by atoms with E-state index in [1.807, 2.05) is 78.6 Å². The predicted molar refractivity (Wildman–Crippen MR) is 138 cm³/mol. The Hall–Kier alpha value is -3.34. The van der Waals surface area contributed by atoms with Crippen molar-refractivity contribution in [1.29, 1.82) is 5.26 Å². The van der Waals surface area contributed by atoms with Crippen LogP contribution in [0, 0.1) is 16.7 Å². The van der Waals surface area contributed by atoms with Gasteiger partial charge in [-0.1, -0.05) is 25.1 Å². The molecule has 1 N–H and O–H groups in total. The van der Waals surface area contributed by atoms with Gasteiger partial charge in [-0.15, -0.1) is 0 Å². The lowest BCUT2D eigenvalue weighted by Crippen LogP contribution is -2.44. The molecule has 1 aromatic carbocycles. The highest BCUT2D eigenvalue weighted by molar-refractivity contribution is 6.23. The highest BCUT2D eigenvalue weighted by atomic mass is 16.6. The van der Waals surface area contributed by atoms with Gasteiger partial charge in [-0.2, -0.15) is 5.26 Å². The van der Waals surface area contributed by atoms with Gasteiger partial charge in [0.15, 0.2) is 0 Å². The standard InChI is InChI=1S/C27H39N5O3/c1-10-21(30-25(34)35-26(3,4)5)17-31(9)18(2)22-23(29-8)27(6,7)24(33)32(22)16-20-14-12-11-13-19(20)15-28/h11-14,21H,10,16-17H2,1-9H3,(H,30,34)/b22-18-,29-23+/t21-/m1/s1. The van der Waals surface area contributed by atoms with E-state index in [0.29, 0.717) is 24.2 Å². The number of alkyl carbamates (subject to hydrolysis) is 1. The van der Waals surface area contributed by atoms with Gasteiger partial charge >= 0.3 is 6.09 Å². The molecule has 1 saturated heterocycles. The number of hydrogen-bond acceptors (Lipinski definition) is 6. The second kappa shape index (κ2) is 10.9. The molecule has 2 amide bonds. The van der Waals surface area contributed by atoms with Crippen molar-refractivity contribution in [3.8, 4) is 6.07 Å². The van der Waals surface area contributed by atoms with E-state index < -0.39 is 17.1 Å². The molecule has 190 valence electrons. The molecule has 35 heavy (non-hydrogen) atoms. The van der Waals surface area contributed by atoms with Gasteiger partial charge in [0.25, 0.3) is 0 Å². The van der Waals surface area contributed by atoms with E-state index in [1.165, 1.54) is 0 Å². The number of amides is 2. The van der Waals surface area contributed by atoms with E-state index >= 15 is 0 Å². The Morgan fingerprint density at radius 1 is 1.31 bits per heavy atom. The van der Waals surface area contributed by atoms with Gasteiger partial charge in [-0.25, -0.2) is 4.79 Å². The first-order valence-electron chi connectivity index (χ1n) is 12.0. The quantitative estimate of drug-likeness (QED) is 0.620. The van der Waals surface area contributed by atoms with Crippen LogP contribution in [-0.4, -0.2) is 59.8 Å². The minimum atomic E-state index is -0.799. The van der Waals surface area contributed by atoms with E-state index in [1.54, 1.807) is 18.0 Å². The fourth-order valence-corrected chi connectivity index (χ4v) is 4.20. The third kappa shape index (κ3) is 6.41. The molecule has 8 nitrogen and oxygen atoms in total. The predicted octanol–water partition coefficient (Wildman–Crippen LogP) is 4.46. The number of aliphatic imine (C=N–C) groups is 1. The number of carbonyl (C=O) groups is 2. The van der Waals surface area contributed by atoms with Gasteiger partial charge in [-0.3, -0.25) is 9.79 Å². The van der Waals surface area contributed by atoms with Gasteiger partial charge in [0.2, 0.25) is 5.91 Å². The van der Waals surface area contributed by atoms with Crippen molar-refractivity contribution in [2.45, 2.75) is 73.1 Å². The summed E-state index contributed by atoms with van der Waals surface area (Å²) in [5.74, 6) is -0.0625. The number of ether oxygens (including phenoxy) is 1. The van der Waals surface area contributed by atoms with Crippen LogP contribution in [0.25, 0.3) is 0 Å². The van der Waals surface area contributed by atoms with Gasteiger partial charge in [0, 0.05) is 32.4 Å². The molecule has 1 aliphatic heterocycles. The lowest BCUT2D eigenvalue weighted by Gasteiger charge is -2.30. The molecule has 2 rings (SSSR count). The summed E-state index contributed by atoms with van der Waals surface area (Å²) in [6.45, 7) is 14.0. The van der Waals surface area contributed by atoms with E-state index in [2.05, 4.69) is 16.4 Å². The fraction of sp³-hybridized carbons (Fsp3) is 0.556. The van der Waals surface area contributed by atoms with Gasteiger partial charge in [0.05, 0.1) is 35.0 Å². The molecule has 0 spiro atoms. The molecule has 1 atom stereocenters. The fourth-order valence-electron chi connectivity index (χ4n) is 4.20. The monoisotopic (exact) mass is 481 g/mol. The lowest BCUT2D eigenvalue weighted by atomic mass is 9.88. The Balaban J connectivity index is 2.41. The molecular formula is C27H39N5O3. The highest BCUT2D eigenvalue weighted by Crippen LogP contribution is 2.39. The van der Waals surface area contributed by atoms with E-state index in [9.17, 15) is 14.9 Å². The van der Waals surface area contributed by atoms with Crippen LogP contribution < -0.4 is 5.32 Å². The number of nitriles is 1. The maximum absolute atomic E-state index is 13.5. The topological polar surface area (TPSA) is 98.0 Å². The summed E-state index contributed by atoms with van der Waals surface area (Å²) in [4.78, 5) is 34.1. The number of rotatable bonds is 7. The summed E-state index contributed by atoms with van der Waals surface area (Å²) in [5, 5.41) is 12.5. The van der Waals surface area contributed by atoms with E-state index in [4.69, 9.17) is 4.74 Å². The molecule has 0 unspecified atom stereocenters. The third-order valence-electron chi connectivity index (χ3n) is 6.18. The second-order valence-electron chi connectivity index (χ2n) is 10.4. The Bertz CT molecular complexity index is 1060. The molecule has 8 heteroatoms. The zero-order valence-corrected chi connectivity index (χ0v) is 22.5. The first-order valence-corrected chi connectivity index (χ1v) is 12.0. The normalized spacial score (nSPS) is 18.8. The summed E-state index contributed by atoms with van der Waals surface area (Å²) >= 11 is 0. The summed E-state index contributed by atoms with van der Waals surface area (Å²) in [6, 6.07) is 9.38. The third-order valence-corrected chi connectivity index (χ3v) is 6.18. The van der Waals surface area contributed by atoms with Gasteiger partial charge in [-0.05, 0) is 59.6 Å². The number of benzene rings is 1. The maximum Gasteiger partial charge on any atom is 0.407 e. The number of likely N-dealkylation sites (N-methyl/N-ethyl adjacent to an activating group) is 1. The minimum Gasteiger partial charge on any atom is -0.444 e. The van der Waals surface area contributed by atoms with Crippen molar-refractivity contribution in [2.75, 3.05) is 20.6 Å². The zero-order chi connectivity index (χ0) is 26.6. The molecule has 1 heterocycles. The average molecular weight is 482 g/mol. The van der Waals surface area contributed by atoms with E-state index in [-0.39, 0.29) is 18.5 Å². The summed E-state index contributed by atoms with van der Waals surface area (Å²) < 4.78 is 5.41. The highest BCUT2D eigenvalue weighted by Gasteiger charge is 2.49. The van der Waals surface area contributed by atoms with Crippen molar-refractivity contribution in [2.24, 2.45) is 10.4 Å². The maximum atomic E-state index is 13.5. The molecule has 1 aliphatic rings. The molecule has 0 bridgehead atoms. The number of nitrogens with one attached hydrogen (secondary N) is 1. The molecule has 0 saturated carbocycles. The molecule has 1 fully saturated rings. The van der Waals surface area contributed by atoms with Crippen molar-refractivity contribution in [1.82, 2.24) is 15.1 Å². The molecule has 0 aliphatic carbocycles. The van der Waals surface area contributed by atoms with E-state index in [0.717, 1.165) is 17.0 Å². The largest absolute Gasteiger partial charge is 0.444 e. The Morgan fingerprint density at radius 3 is 2.49 bits per heavy atom. The van der Waals surface area contributed by atoms with Crippen LogP contribution in [0.15, 0.2) is 40.7 Å². The smallest absolute Gasteiger partial charge is 0.407 e. The van der Waals surface area contributed by atoms with Crippen molar-refractivity contribution < 1.29 is 14.3 Å². The van der Waals surface area contributed by atoms with Crippen LogP contribution in [0.3, 0.4) is 0 Å². The first kappa shape index (κ1) is 27.9. The second-order valence-corrected chi connectivity index (χ2v) is 10.4. The van der Waals surface area contributed by atoms with Crippen LogP contribution in [0.2, 0.25) is 0 Å². The minimum absolute atomic E-state index is 0.0625. The lowest BCUT2D eigenvalue weighted by molar-refractivity contribution is -0.133. The summed E-state index contributed by atoms with van der Waals surface area (Å²) in [6.07, 6.45) is 0.260. The van der Waals surface area contributed by atoms with Crippen LogP contribution in [0.5, 0.6) is 0 Å². The van der Waals surface area contributed by atoms with Gasteiger partial charge in [0.1, 0.15) is 5.60 Å². The number of allylic oxidation sites excluding steroid dienone is 2. The first-order chi connectivity index (χ1) is 16.3. The Morgan fingerprint density at radius 2 is 1.94 bits per heavy atom. The molecule has 1 aromatic rings. The zero-order valence-electron chi connectivity index (χ0n) is 22.5. The molecular weight excluding hydrogens is 442 g/mol. The molecule has 0 aromatic heterocycles. The van der Waals surface area contributed by atoms with Crippen molar-refractivity contribution in [3.05, 3.63) is 46.8 Å². The van der Waals surface area contributed by atoms with Crippen molar-refractivity contribution >= 4 is 17.7 Å². The van der Waals surface area contributed by atoms with Crippen LogP contribution >= 0.6 is 0 Å². The van der Waals surface area contributed by atoms with Gasteiger partial charge < -0.3 is 19.9 Å². The number of carbonyl (C=O) groups excluding carboxylic acids is 2. The average Bonchev–Trinajstić information content (AvgIpc) is 2.96. The SMILES string of the molecule is CC[C@H](CN(C)/C(C)=C1/C(=N\C)C(C)(C)C(=O)N1Cc1ccccc1C#N)NC(=O)OC(C)(C)C.